The predicted octanol–water partition coefficient (Wildman–Crippen LogP) is 2.04. The van der Waals surface area contributed by atoms with Gasteiger partial charge in [-0.1, -0.05) is 18.2 Å². The van der Waals surface area contributed by atoms with E-state index in [-0.39, 0.29) is 17.0 Å². The van der Waals surface area contributed by atoms with Crippen molar-refractivity contribution in [2.75, 3.05) is 20.5 Å². The van der Waals surface area contributed by atoms with Crippen molar-refractivity contribution in [1.82, 2.24) is 5.32 Å². The lowest BCUT2D eigenvalue weighted by Crippen LogP contribution is -2.24. The van der Waals surface area contributed by atoms with Crippen molar-refractivity contribution in [3.63, 3.8) is 0 Å². The van der Waals surface area contributed by atoms with Gasteiger partial charge in [-0.3, -0.25) is 4.79 Å². The lowest BCUT2D eigenvalue weighted by Gasteiger charge is -2.11. The Hall–Kier alpha value is -2.54. The Labute approximate surface area is 141 Å². The van der Waals surface area contributed by atoms with Crippen LogP contribution in [0.2, 0.25) is 0 Å². The van der Waals surface area contributed by atoms with E-state index in [1.54, 1.807) is 37.4 Å². The minimum absolute atomic E-state index is 0.00908. The minimum atomic E-state index is -3.48. The summed E-state index contributed by atoms with van der Waals surface area (Å²) < 4.78 is 33.9. The largest absolute Gasteiger partial charge is 0.493 e. The van der Waals surface area contributed by atoms with Gasteiger partial charge in [-0.2, -0.15) is 0 Å². The molecule has 0 aliphatic carbocycles. The standard InChI is InChI=1S/C17H19NO5S/c1-22-14-9-8-12(10-15(14)23-2)11-18-17(19)13-6-4-5-7-16(13)24(3,20)21/h4-10H,11H2,1-3H3,(H,18,19). The molecule has 0 radical (unpaired) electrons. The molecule has 0 saturated carbocycles. The van der Waals surface area contributed by atoms with E-state index < -0.39 is 15.7 Å². The van der Waals surface area contributed by atoms with E-state index in [4.69, 9.17) is 9.47 Å². The van der Waals surface area contributed by atoms with E-state index in [1.807, 2.05) is 0 Å². The lowest BCUT2D eigenvalue weighted by molar-refractivity contribution is 0.0947. The lowest BCUT2D eigenvalue weighted by atomic mass is 10.1. The topological polar surface area (TPSA) is 81.7 Å². The molecule has 2 aromatic rings. The van der Waals surface area contributed by atoms with Crippen LogP contribution < -0.4 is 14.8 Å². The van der Waals surface area contributed by atoms with Crippen LogP contribution >= 0.6 is 0 Å². The molecule has 0 bridgehead atoms. The van der Waals surface area contributed by atoms with Gasteiger partial charge in [0, 0.05) is 12.8 Å². The van der Waals surface area contributed by atoms with Crippen molar-refractivity contribution >= 4 is 15.7 Å². The third kappa shape index (κ3) is 4.05. The first-order chi connectivity index (χ1) is 11.4. The average molecular weight is 349 g/mol. The van der Waals surface area contributed by atoms with Gasteiger partial charge in [-0.25, -0.2) is 8.42 Å². The summed E-state index contributed by atoms with van der Waals surface area (Å²) in [6.45, 7) is 0.233. The zero-order chi connectivity index (χ0) is 17.7. The van der Waals surface area contributed by atoms with E-state index in [0.717, 1.165) is 11.8 Å². The molecule has 0 spiro atoms. The molecule has 2 rings (SSSR count). The van der Waals surface area contributed by atoms with Crippen molar-refractivity contribution in [2.24, 2.45) is 0 Å². The number of hydrogen-bond acceptors (Lipinski definition) is 5. The van der Waals surface area contributed by atoms with Crippen molar-refractivity contribution in [3.05, 3.63) is 53.6 Å². The molecule has 7 heteroatoms. The highest BCUT2D eigenvalue weighted by Crippen LogP contribution is 2.27. The molecule has 0 aromatic heterocycles. The Balaban J connectivity index is 2.18. The third-order valence-corrected chi connectivity index (χ3v) is 4.59. The molecule has 0 aliphatic rings. The summed E-state index contributed by atoms with van der Waals surface area (Å²) in [6, 6.07) is 11.4. The number of carbonyl (C=O) groups is 1. The number of rotatable bonds is 6. The molecule has 1 amide bonds. The highest BCUT2D eigenvalue weighted by atomic mass is 32.2. The Kier molecular flexibility index (Phi) is 5.46. The molecule has 0 fully saturated rings. The summed E-state index contributed by atoms with van der Waals surface area (Å²) in [5, 5.41) is 2.72. The van der Waals surface area contributed by atoms with Crippen LogP contribution in [0.15, 0.2) is 47.4 Å². The van der Waals surface area contributed by atoms with Gasteiger partial charge in [0.1, 0.15) is 0 Å². The van der Waals surface area contributed by atoms with Crippen LogP contribution in [0.1, 0.15) is 15.9 Å². The third-order valence-electron chi connectivity index (χ3n) is 3.43. The molecular weight excluding hydrogens is 330 g/mol. The maximum atomic E-state index is 12.3. The van der Waals surface area contributed by atoms with Gasteiger partial charge in [-0.05, 0) is 29.8 Å². The normalized spacial score (nSPS) is 11.0. The number of ether oxygens (including phenoxy) is 2. The van der Waals surface area contributed by atoms with Crippen LogP contribution in [0.3, 0.4) is 0 Å². The van der Waals surface area contributed by atoms with Gasteiger partial charge >= 0.3 is 0 Å². The zero-order valence-electron chi connectivity index (χ0n) is 13.7. The first kappa shape index (κ1) is 17.8. The van der Waals surface area contributed by atoms with Gasteiger partial charge in [0.2, 0.25) is 0 Å². The second-order valence-corrected chi connectivity index (χ2v) is 7.12. The molecule has 0 atom stereocenters. The maximum Gasteiger partial charge on any atom is 0.252 e. The van der Waals surface area contributed by atoms with Gasteiger partial charge in [0.15, 0.2) is 21.3 Å². The van der Waals surface area contributed by atoms with Crippen LogP contribution in [0, 0.1) is 0 Å². The molecular formula is C17H19NO5S. The maximum absolute atomic E-state index is 12.3. The quantitative estimate of drug-likeness (QED) is 0.863. The Morgan fingerprint density at radius 3 is 2.33 bits per heavy atom. The van der Waals surface area contributed by atoms with Crippen molar-refractivity contribution < 1.29 is 22.7 Å². The average Bonchev–Trinajstić information content (AvgIpc) is 2.58. The molecule has 6 nitrogen and oxygen atoms in total. The molecule has 1 N–H and O–H groups in total. The predicted molar refractivity (Wildman–Crippen MR) is 90.3 cm³/mol. The number of sulfone groups is 1. The molecule has 0 aliphatic heterocycles. The Bertz CT molecular complexity index is 846. The molecule has 0 unspecified atom stereocenters. The second kappa shape index (κ2) is 7.35. The summed E-state index contributed by atoms with van der Waals surface area (Å²) in [4.78, 5) is 12.3. The summed E-state index contributed by atoms with van der Waals surface area (Å²) in [5.74, 6) is 0.696. The number of carbonyl (C=O) groups excluding carboxylic acids is 1. The van der Waals surface area contributed by atoms with Crippen molar-refractivity contribution in [1.29, 1.82) is 0 Å². The molecule has 0 saturated heterocycles. The highest BCUT2D eigenvalue weighted by molar-refractivity contribution is 7.90. The van der Waals surface area contributed by atoms with Gasteiger partial charge in [0.05, 0.1) is 24.7 Å². The van der Waals surface area contributed by atoms with Crippen molar-refractivity contribution in [3.8, 4) is 11.5 Å². The zero-order valence-corrected chi connectivity index (χ0v) is 14.5. The van der Waals surface area contributed by atoms with E-state index in [2.05, 4.69) is 5.32 Å². The van der Waals surface area contributed by atoms with E-state index in [9.17, 15) is 13.2 Å². The van der Waals surface area contributed by atoms with E-state index in [0.29, 0.717) is 11.5 Å². The van der Waals surface area contributed by atoms with E-state index in [1.165, 1.54) is 19.2 Å². The van der Waals surface area contributed by atoms with Crippen molar-refractivity contribution in [2.45, 2.75) is 11.4 Å². The molecule has 128 valence electrons. The van der Waals surface area contributed by atoms with Gasteiger partial charge in [0.25, 0.3) is 5.91 Å². The van der Waals surface area contributed by atoms with Crippen LogP contribution in [0.25, 0.3) is 0 Å². The number of hydrogen-bond donors (Lipinski definition) is 1. The molecule has 2 aromatic carbocycles. The van der Waals surface area contributed by atoms with Gasteiger partial charge in [-0.15, -0.1) is 0 Å². The summed E-state index contributed by atoms with van der Waals surface area (Å²) >= 11 is 0. The Morgan fingerprint density at radius 1 is 1.04 bits per heavy atom. The smallest absolute Gasteiger partial charge is 0.252 e. The first-order valence-corrected chi connectivity index (χ1v) is 9.04. The van der Waals surface area contributed by atoms with Crippen LogP contribution in [0.4, 0.5) is 0 Å². The van der Waals surface area contributed by atoms with E-state index >= 15 is 0 Å². The first-order valence-electron chi connectivity index (χ1n) is 7.15. The molecule has 0 heterocycles. The fraction of sp³-hybridized carbons (Fsp3) is 0.235. The van der Waals surface area contributed by atoms with Crippen LogP contribution in [-0.4, -0.2) is 34.8 Å². The summed E-state index contributed by atoms with van der Waals surface area (Å²) in [7, 11) is -0.405. The highest BCUT2D eigenvalue weighted by Gasteiger charge is 2.18. The number of methoxy groups -OCH3 is 2. The summed E-state index contributed by atoms with van der Waals surface area (Å²) in [5.41, 5.74) is 0.929. The number of nitrogens with one attached hydrogen (secondary N) is 1. The van der Waals surface area contributed by atoms with Crippen LogP contribution in [0.5, 0.6) is 11.5 Å². The fourth-order valence-electron chi connectivity index (χ4n) is 2.25. The fourth-order valence-corrected chi connectivity index (χ4v) is 3.13. The number of benzene rings is 2. The minimum Gasteiger partial charge on any atom is -0.493 e. The molecule has 24 heavy (non-hydrogen) atoms. The van der Waals surface area contributed by atoms with Gasteiger partial charge < -0.3 is 14.8 Å². The Morgan fingerprint density at radius 2 is 1.71 bits per heavy atom. The van der Waals surface area contributed by atoms with Crippen LogP contribution in [-0.2, 0) is 16.4 Å². The monoisotopic (exact) mass is 349 g/mol. The second-order valence-electron chi connectivity index (χ2n) is 5.14. The summed E-state index contributed by atoms with van der Waals surface area (Å²) in [6.07, 6.45) is 1.08. The SMILES string of the molecule is COc1ccc(CNC(=O)c2ccccc2S(C)(=O)=O)cc1OC. The number of amides is 1.